The lowest BCUT2D eigenvalue weighted by molar-refractivity contribution is -0.139. The smallest absolute Gasteiger partial charge is 0.244 e. The van der Waals surface area contributed by atoms with Gasteiger partial charge in [0.15, 0.2) is 0 Å². The van der Waals surface area contributed by atoms with E-state index in [1.165, 1.54) is 4.90 Å². The molecular weight excluding hydrogens is 462 g/mol. The minimum absolute atomic E-state index is 0.0228. The van der Waals surface area contributed by atoms with Gasteiger partial charge in [-0.15, -0.1) is 0 Å². The number of benzene rings is 2. The molecule has 2 aromatic rings. The van der Waals surface area contributed by atoms with Gasteiger partial charge < -0.3 is 10.2 Å². The number of anilines is 1. The van der Waals surface area contributed by atoms with Crippen molar-refractivity contribution >= 4 is 27.5 Å². The molecule has 2 atom stereocenters. The van der Waals surface area contributed by atoms with Crippen molar-refractivity contribution in [1.82, 2.24) is 10.2 Å². The highest BCUT2D eigenvalue weighted by atomic mass is 32.2. The van der Waals surface area contributed by atoms with E-state index < -0.39 is 22.0 Å². The first-order valence-corrected chi connectivity index (χ1v) is 14.0. The average Bonchev–Trinajstić information content (AvgIpc) is 2.80. The van der Waals surface area contributed by atoms with E-state index in [1.54, 1.807) is 6.07 Å². The highest BCUT2D eigenvalue weighted by Gasteiger charge is 2.32. The number of amides is 2. The van der Waals surface area contributed by atoms with Crippen LogP contribution in [0.15, 0.2) is 48.5 Å². The minimum Gasteiger partial charge on any atom is -0.352 e. The predicted molar refractivity (Wildman–Crippen MR) is 142 cm³/mol. The number of carbonyl (C=O) groups is 2. The molecule has 0 bridgehead atoms. The number of aryl methyl sites for hydroxylation is 2. The lowest BCUT2D eigenvalue weighted by Crippen LogP contribution is -2.54. The number of nitrogens with one attached hydrogen (secondary N) is 1. The van der Waals surface area contributed by atoms with E-state index in [1.807, 2.05) is 77.1 Å². The molecule has 192 valence electrons. The summed E-state index contributed by atoms with van der Waals surface area (Å²) >= 11 is 0. The first kappa shape index (κ1) is 28.4. The molecule has 2 aromatic carbocycles. The summed E-state index contributed by atoms with van der Waals surface area (Å²) in [5, 5.41) is 2.98. The van der Waals surface area contributed by atoms with Crippen LogP contribution in [0.25, 0.3) is 0 Å². The summed E-state index contributed by atoms with van der Waals surface area (Å²) < 4.78 is 26.6. The van der Waals surface area contributed by atoms with Crippen molar-refractivity contribution in [2.45, 2.75) is 66.0 Å². The second kappa shape index (κ2) is 12.7. The van der Waals surface area contributed by atoms with Gasteiger partial charge in [-0.05, 0) is 57.2 Å². The Morgan fingerprint density at radius 2 is 1.66 bits per heavy atom. The van der Waals surface area contributed by atoms with E-state index in [0.29, 0.717) is 25.1 Å². The molecule has 0 unspecified atom stereocenters. The third-order valence-electron chi connectivity index (χ3n) is 6.17. The van der Waals surface area contributed by atoms with Gasteiger partial charge >= 0.3 is 0 Å². The summed E-state index contributed by atoms with van der Waals surface area (Å²) in [6, 6.07) is 14.5. The fourth-order valence-corrected chi connectivity index (χ4v) is 4.92. The zero-order chi connectivity index (χ0) is 26.2. The Kier molecular flexibility index (Phi) is 10.3. The molecule has 8 heteroatoms. The molecule has 0 aliphatic rings. The number of nitrogens with zero attached hydrogens (tertiary/aromatic N) is 2. The number of carbonyl (C=O) groups excluding carboxylic acids is 2. The second-order valence-corrected chi connectivity index (χ2v) is 11.0. The Labute approximate surface area is 210 Å². The van der Waals surface area contributed by atoms with E-state index in [0.717, 1.165) is 33.7 Å². The highest BCUT2D eigenvalue weighted by molar-refractivity contribution is 7.92. The number of hydrogen-bond acceptors (Lipinski definition) is 4. The highest BCUT2D eigenvalue weighted by Crippen LogP contribution is 2.24. The summed E-state index contributed by atoms with van der Waals surface area (Å²) in [7, 11) is -3.74. The van der Waals surface area contributed by atoms with Gasteiger partial charge in [-0.1, -0.05) is 61.9 Å². The molecule has 0 fully saturated rings. The van der Waals surface area contributed by atoms with Gasteiger partial charge in [-0.25, -0.2) is 8.42 Å². The molecule has 0 aromatic heterocycles. The monoisotopic (exact) mass is 501 g/mol. The number of hydrogen-bond donors (Lipinski definition) is 1. The molecule has 0 heterocycles. The summed E-state index contributed by atoms with van der Waals surface area (Å²) in [6.45, 7) is 9.46. The van der Waals surface area contributed by atoms with Crippen molar-refractivity contribution in [3.63, 3.8) is 0 Å². The van der Waals surface area contributed by atoms with Crippen molar-refractivity contribution in [3.05, 3.63) is 65.2 Å². The van der Waals surface area contributed by atoms with Crippen LogP contribution in [-0.4, -0.2) is 56.6 Å². The standard InChI is InChI=1S/C27H39N3O4S/c1-7-22(5)28-27(32)24(8-2)29(17-16-23-12-10-9-11-13-23)26(31)19-30(35(6,33)34)25-15-14-20(3)18-21(25)4/h9-15,18,22,24H,7-8,16-17,19H2,1-6H3,(H,28,32)/t22-,24-/m0/s1. The maximum atomic E-state index is 13.7. The third-order valence-corrected chi connectivity index (χ3v) is 7.30. The molecule has 2 amide bonds. The molecule has 0 spiro atoms. The molecule has 1 N–H and O–H groups in total. The minimum atomic E-state index is -3.74. The van der Waals surface area contributed by atoms with Gasteiger partial charge in [-0.2, -0.15) is 0 Å². The Morgan fingerprint density at radius 3 is 2.20 bits per heavy atom. The van der Waals surface area contributed by atoms with Gasteiger partial charge in [0.05, 0.1) is 11.9 Å². The maximum absolute atomic E-state index is 13.7. The average molecular weight is 502 g/mol. The van der Waals surface area contributed by atoms with E-state index in [-0.39, 0.29) is 18.5 Å². The van der Waals surface area contributed by atoms with Gasteiger partial charge in [0.25, 0.3) is 0 Å². The number of rotatable bonds is 12. The molecule has 35 heavy (non-hydrogen) atoms. The fraction of sp³-hybridized carbons (Fsp3) is 0.481. The summed E-state index contributed by atoms with van der Waals surface area (Å²) in [6.07, 6.45) is 2.85. The van der Waals surface area contributed by atoms with E-state index in [2.05, 4.69) is 5.32 Å². The van der Waals surface area contributed by atoms with Crippen molar-refractivity contribution in [2.24, 2.45) is 0 Å². The summed E-state index contributed by atoms with van der Waals surface area (Å²) in [5.41, 5.74) is 3.27. The molecule has 0 saturated heterocycles. The van der Waals surface area contributed by atoms with Crippen LogP contribution >= 0.6 is 0 Å². The van der Waals surface area contributed by atoms with Crippen LogP contribution in [0.2, 0.25) is 0 Å². The van der Waals surface area contributed by atoms with E-state index >= 15 is 0 Å². The molecule has 0 aliphatic carbocycles. The summed E-state index contributed by atoms with van der Waals surface area (Å²) in [4.78, 5) is 28.3. The lowest BCUT2D eigenvalue weighted by atomic mass is 10.1. The zero-order valence-electron chi connectivity index (χ0n) is 21.7. The van der Waals surface area contributed by atoms with E-state index in [9.17, 15) is 18.0 Å². The Balaban J connectivity index is 2.39. The molecule has 7 nitrogen and oxygen atoms in total. The lowest BCUT2D eigenvalue weighted by Gasteiger charge is -2.33. The molecule has 0 radical (unpaired) electrons. The third kappa shape index (κ3) is 8.09. The van der Waals surface area contributed by atoms with Crippen LogP contribution in [0.5, 0.6) is 0 Å². The van der Waals surface area contributed by atoms with Crippen LogP contribution in [0, 0.1) is 13.8 Å². The first-order chi connectivity index (χ1) is 16.5. The molecule has 2 rings (SSSR count). The number of sulfonamides is 1. The SMILES string of the molecule is CC[C@H](C)NC(=O)[C@H](CC)N(CCc1ccccc1)C(=O)CN(c1ccc(C)cc1C)S(C)(=O)=O. The second-order valence-electron chi connectivity index (χ2n) is 9.12. The first-order valence-electron chi connectivity index (χ1n) is 12.2. The Morgan fingerprint density at radius 1 is 1.00 bits per heavy atom. The quantitative estimate of drug-likeness (QED) is 0.479. The topological polar surface area (TPSA) is 86.8 Å². The molecule has 0 saturated carbocycles. The van der Waals surface area contributed by atoms with Gasteiger partial charge in [-0.3, -0.25) is 13.9 Å². The predicted octanol–water partition coefficient (Wildman–Crippen LogP) is 3.83. The van der Waals surface area contributed by atoms with Crippen LogP contribution in [0.1, 0.15) is 50.3 Å². The molecule has 0 aliphatic heterocycles. The van der Waals surface area contributed by atoms with Gasteiger partial charge in [0.1, 0.15) is 12.6 Å². The fourth-order valence-electron chi connectivity index (χ4n) is 4.02. The van der Waals surface area contributed by atoms with Crippen LogP contribution in [0.3, 0.4) is 0 Å². The van der Waals surface area contributed by atoms with Crippen LogP contribution in [0.4, 0.5) is 5.69 Å². The van der Waals surface area contributed by atoms with Gasteiger partial charge in [0.2, 0.25) is 21.8 Å². The van der Waals surface area contributed by atoms with Crippen LogP contribution < -0.4 is 9.62 Å². The maximum Gasteiger partial charge on any atom is 0.244 e. The Hall–Kier alpha value is -2.87. The molecular formula is C27H39N3O4S. The van der Waals surface area contributed by atoms with Crippen molar-refractivity contribution in [3.8, 4) is 0 Å². The normalized spacial score (nSPS) is 13.1. The van der Waals surface area contributed by atoms with E-state index in [4.69, 9.17) is 0 Å². The zero-order valence-corrected chi connectivity index (χ0v) is 22.6. The van der Waals surface area contributed by atoms with Crippen LogP contribution in [-0.2, 0) is 26.0 Å². The van der Waals surface area contributed by atoms with Crippen molar-refractivity contribution < 1.29 is 18.0 Å². The summed E-state index contributed by atoms with van der Waals surface area (Å²) in [5.74, 6) is -0.627. The Bertz CT molecular complexity index is 1100. The van der Waals surface area contributed by atoms with Gasteiger partial charge in [0, 0.05) is 12.6 Å². The van der Waals surface area contributed by atoms with Crippen molar-refractivity contribution in [2.75, 3.05) is 23.7 Å². The van der Waals surface area contributed by atoms with Crippen molar-refractivity contribution in [1.29, 1.82) is 0 Å². The largest absolute Gasteiger partial charge is 0.352 e.